The number of rotatable bonds is 8. The maximum atomic E-state index is 11.2. The molecule has 0 spiro atoms. The van der Waals surface area contributed by atoms with E-state index in [0.29, 0.717) is 13.1 Å². The number of carboxylic acids is 1. The molecule has 0 atom stereocenters. The van der Waals surface area contributed by atoms with Crippen LogP contribution in [0.5, 0.6) is 0 Å². The lowest BCUT2D eigenvalue weighted by Gasteiger charge is -2.07. The fourth-order valence-corrected chi connectivity index (χ4v) is 1.18. The van der Waals surface area contributed by atoms with Crippen LogP contribution in [0.1, 0.15) is 0 Å². The molecule has 1 heterocycles. The molecule has 8 heteroatoms. The zero-order chi connectivity index (χ0) is 13.2. The molecule has 0 aromatic carbocycles. The first kappa shape index (κ1) is 14.0. The fraction of sp³-hybridized carbons (Fsp3) is 0.500. The number of hydrogen-bond acceptors (Lipinski definition) is 4. The van der Waals surface area contributed by atoms with Crippen LogP contribution in [0.2, 0.25) is 0 Å². The van der Waals surface area contributed by atoms with Crippen LogP contribution in [-0.2, 0) is 16.1 Å². The minimum atomic E-state index is -1.03. The molecule has 0 saturated carbocycles. The van der Waals surface area contributed by atoms with E-state index in [1.165, 1.54) is 0 Å². The molecule has 3 N–H and O–H groups in total. The summed E-state index contributed by atoms with van der Waals surface area (Å²) >= 11 is 0. The number of carbonyl (C=O) groups is 2. The predicted molar refractivity (Wildman–Crippen MR) is 62.1 cm³/mol. The Morgan fingerprint density at radius 2 is 2.11 bits per heavy atom. The van der Waals surface area contributed by atoms with Crippen LogP contribution >= 0.6 is 0 Å². The molecule has 18 heavy (non-hydrogen) atoms. The Morgan fingerprint density at radius 3 is 2.78 bits per heavy atom. The van der Waals surface area contributed by atoms with Gasteiger partial charge in [-0.1, -0.05) is 0 Å². The van der Waals surface area contributed by atoms with Gasteiger partial charge in [-0.05, 0) is 6.07 Å². The summed E-state index contributed by atoms with van der Waals surface area (Å²) in [6.07, 6.45) is 3.47. The lowest BCUT2D eigenvalue weighted by atomic mass is 10.6. The molecule has 0 aliphatic heterocycles. The van der Waals surface area contributed by atoms with Crippen LogP contribution in [0.15, 0.2) is 18.5 Å². The van der Waals surface area contributed by atoms with E-state index in [2.05, 4.69) is 15.7 Å². The van der Waals surface area contributed by atoms with Crippen molar-refractivity contribution in [3.05, 3.63) is 18.5 Å². The minimum Gasteiger partial charge on any atom is -0.480 e. The summed E-state index contributed by atoms with van der Waals surface area (Å²) < 4.78 is 6.46. The highest BCUT2D eigenvalue weighted by Gasteiger charge is 2.00. The number of nitrogens with one attached hydrogen (secondary N) is 2. The van der Waals surface area contributed by atoms with Crippen molar-refractivity contribution in [3.8, 4) is 0 Å². The summed E-state index contributed by atoms with van der Waals surface area (Å²) in [6, 6.07) is 1.49. The number of nitrogens with zero attached hydrogens (tertiary/aromatic N) is 2. The van der Waals surface area contributed by atoms with Crippen LogP contribution in [0.25, 0.3) is 0 Å². The molecular formula is C10H16N4O4. The standard InChI is InChI=1S/C10H16N4O4/c15-9(16)8-18-7-4-12-10(17)11-3-6-14-5-1-2-13-14/h1-2,5H,3-4,6-8H2,(H,15,16)(H2,11,12,17). The van der Waals surface area contributed by atoms with E-state index in [9.17, 15) is 9.59 Å². The summed E-state index contributed by atoms with van der Waals surface area (Å²) in [6.45, 7) is 1.13. The molecule has 1 aromatic rings. The molecule has 1 aromatic heterocycles. The first-order valence-corrected chi connectivity index (χ1v) is 5.47. The largest absolute Gasteiger partial charge is 0.480 e. The Hall–Kier alpha value is -2.09. The number of ether oxygens (including phenoxy) is 1. The summed E-state index contributed by atoms with van der Waals surface area (Å²) in [5.74, 6) is -1.03. The van der Waals surface area contributed by atoms with Gasteiger partial charge in [-0.3, -0.25) is 4.68 Å². The van der Waals surface area contributed by atoms with Gasteiger partial charge in [0, 0.05) is 25.5 Å². The molecule has 0 unspecified atom stereocenters. The molecule has 100 valence electrons. The van der Waals surface area contributed by atoms with Gasteiger partial charge in [0.2, 0.25) is 0 Å². The van der Waals surface area contributed by atoms with Crippen molar-refractivity contribution in [1.29, 1.82) is 0 Å². The summed E-state index contributed by atoms with van der Waals surface area (Å²) in [5, 5.41) is 17.5. The van der Waals surface area contributed by atoms with Gasteiger partial charge in [0.05, 0.1) is 13.2 Å². The molecule has 8 nitrogen and oxygen atoms in total. The van der Waals surface area contributed by atoms with Gasteiger partial charge in [-0.15, -0.1) is 0 Å². The van der Waals surface area contributed by atoms with Gasteiger partial charge in [-0.25, -0.2) is 9.59 Å². The van der Waals surface area contributed by atoms with E-state index >= 15 is 0 Å². The van der Waals surface area contributed by atoms with Gasteiger partial charge in [0.15, 0.2) is 0 Å². The molecule has 2 amide bonds. The van der Waals surface area contributed by atoms with Crippen LogP contribution in [0.3, 0.4) is 0 Å². The quantitative estimate of drug-likeness (QED) is 0.532. The van der Waals surface area contributed by atoms with E-state index < -0.39 is 5.97 Å². The number of urea groups is 1. The van der Waals surface area contributed by atoms with Gasteiger partial charge in [0.25, 0.3) is 0 Å². The monoisotopic (exact) mass is 256 g/mol. The fourth-order valence-electron chi connectivity index (χ4n) is 1.18. The molecule has 0 fully saturated rings. The first-order chi connectivity index (χ1) is 8.68. The Kier molecular flexibility index (Phi) is 6.26. The smallest absolute Gasteiger partial charge is 0.329 e. The normalized spacial score (nSPS) is 10.0. The predicted octanol–water partition coefficient (Wildman–Crippen LogP) is -0.716. The number of carbonyl (C=O) groups excluding carboxylic acids is 1. The molecule has 0 bridgehead atoms. The highest BCUT2D eigenvalue weighted by Crippen LogP contribution is 1.82. The maximum Gasteiger partial charge on any atom is 0.329 e. The zero-order valence-electron chi connectivity index (χ0n) is 9.83. The Balaban J connectivity index is 1.95. The van der Waals surface area contributed by atoms with Crippen molar-refractivity contribution in [1.82, 2.24) is 20.4 Å². The van der Waals surface area contributed by atoms with Crippen LogP contribution in [-0.4, -0.2) is 53.2 Å². The second-order valence-electron chi connectivity index (χ2n) is 3.40. The van der Waals surface area contributed by atoms with E-state index in [0.717, 1.165) is 0 Å². The second kappa shape index (κ2) is 8.07. The first-order valence-electron chi connectivity index (χ1n) is 5.47. The Labute approximate surface area is 104 Å². The summed E-state index contributed by atoms with van der Waals surface area (Å²) in [4.78, 5) is 21.4. The average Bonchev–Trinajstić information content (AvgIpc) is 2.81. The molecule has 0 radical (unpaired) electrons. The SMILES string of the molecule is O=C(O)COCCNC(=O)NCCn1cccn1. The number of aromatic nitrogens is 2. The van der Waals surface area contributed by atoms with Crippen LogP contribution in [0, 0.1) is 0 Å². The Bertz CT molecular complexity index is 366. The van der Waals surface area contributed by atoms with Crippen molar-refractivity contribution < 1.29 is 19.4 Å². The number of aliphatic carboxylic acids is 1. The van der Waals surface area contributed by atoms with Gasteiger partial charge in [0.1, 0.15) is 6.61 Å². The molecular weight excluding hydrogens is 240 g/mol. The topological polar surface area (TPSA) is 105 Å². The van der Waals surface area contributed by atoms with E-state index in [-0.39, 0.29) is 25.8 Å². The van der Waals surface area contributed by atoms with Gasteiger partial charge in [-0.2, -0.15) is 5.10 Å². The van der Waals surface area contributed by atoms with E-state index in [4.69, 9.17) is 9.84 Å². The molecule has 1 rings (SSSR count). The lowest BCUT2D eigenvalue weighted by Crippen LogP contribution is -2.38. The zero-order valence-corrected chi connectivity index (χ0v) is 9.83. The van der Waals surface area contributed by atoms with E-state index in [1.807, 2.05) is 0 Å². The maximum absolute atomic E-state index is 11.2. The lowest BCUT2D eigenvalue weighted by molar-refractivity contribution is -0.142. The number of carboxylic acid groups (broad SMARTS) is 1. The van der Waals surface area contributed by atoms with Gasteiger partial charge < -0.3 is 20.5 Å². The third kappa shape index (κ3) is 6.48. The summed E-state index contributed by atoms with van der Waals surface area (Å²) in [7, 11) is 0. The number of hydrogen-bond donors (Lipinski definition) is 3. The molecule has 0 saturated heterocycles. The van der Waals surface area contributed by atoms with Crippen LogP contribution < -0.4 is 10.6 Å². The molecule has 0 aliphatic rings. The van der Waals surface area contributed by atoms with Crippen molar-refractivity contribution in [2.75, 3.05) is 26.3 Å². The Morgan fingerprint density at radius 1 is 1.33 bits per heavy atom. The number of amides is 2. The van der Waals surface area contributed by atoms with Crippen LogP contribution in [0.4, 0.5) is 4.79 Å². The van der Waals surface area contributed by atoms with Crippen molar-refractivity contribution >= 4 is 12.0 Å². The highest BCUT2D eigenvalue weighted by atomic mass is 16.5. The average molecular weight is 256 g/mol. The van der Waals surface area contributed by atoms with Gasteiger partial charge >= 0.3 is 12.0 Å². The third-order valence-corrected chi connectivity index (χ3v) is 1.94. The van der Waals surface area contributed by atoms with Crippen molar-refractivity contribution in [3.63, 3.8) is 0 Å². The summed E-state index contributed by atoms with van der Waals surface area (Å²) in [5.41, 5.74) is 0. The van der Waals surface area contributed by atoms with Crippen molar-refractivity contribution in [2.24, 2.45) is 0 Å². The minimum absolute atomic E-state index is 0.166. The van der Waals surface area contributed by atoms with Crippen molar-refractivity contribution in [2.45, 2.75) is 6.54 Å². The molecule has 0 aliphatic carbocycles. The third-order valence-electron chi connectivity index (χ3n) is 1.94. The highest BCUT2D eigenvalue weighted by molar-refractivity contribution is 5.73. The van der Waals surface area contributed by atoms with E-state index in [1.54, 1.807) is 23.1 Å². The second-order valence-corrected chi connectivity index (χ2v) is 3.40.